The van der Waals surface area contributed by atoms with Gasteiger partial charge in [0.05, 0.1) is 22.5 Å². The maximum Gasteiger partial charge on any atom is 0.416 e. The monoisotopic (exact) mass is 472 g/mol. The second kappa shape index (κ2) is 8.59. The van der Waals surface area contributed by atoms with Crippen molar-refractivity contribution in [2.75, 3.05) is 0 Å². The molecule has 0 N–H and O–H groups in total. The summed E-state index contributed by atoms with van der Waals surface area (Å²) in [4.78, 5) is 9.03. The summed E-state index contributed by atoms with van der Waals surface area (Å²) in [5, 5.41) is 0. The van der Waals surface area contributed by atoms with Crippen LogP contribution in [0.3, 0.4) is 0 Å². The van der Waals surface area contributed by atoms with Crippen LogP contribution in [-0.4, -0.2) is 9.97 Å². The van der Waals surface area contributed by atoms with Gasteiger partial charge < -0.3 is 0 Å². The van der Waals surface area contributed by atoms with E-state index in [9.17, 15) is 26.3 Å². The Bertz CT molecular complexity index is 1220. The fraction of sp³-hybridized carbons (Fsp3) is 0.154. The molecular formula is C26H18F6N2. The summed E-state index contributed by atoms with van der Waals surface area (Å²) in [6.07, 6.45) is -8.84. The number of nitrogens with zero attached hydrogens (tertiary/aromatic N) is 2. The van der Waals surface area contributed by atoms with E-state index in [-0.39, 0.29) is 0 Å². The molecule has 0 saturated carbocycles. The molecular weight excluding hydrogens is 454 g/mol. The first-order valence-electron chi connectivity index (χ1n) is 10.2. The van der Waals surface area contributed by atoms with E-state index in [1.54, 1.807) is 38.1 Å². The molecule has 0 saturated heterocycles. The van der Waals surface area contributed by atoms with Gasteiger partial charge in [0.15, 0.2) is 0 Å². The molecule has 4 aromatic rings. The highest BCUT2D eigenvalue weighted by atomic mass is 19.4. The normalized spacial score (nSPS) is 12.1. The largest absolute Gasteiger partial charge is 0.416 e. The van der Waals surface area contributed by atoms with E-state index in [1.807, 2.05) is 0 Å². The van der Waals surface area contributed by atoms with Crippen LogP contribution in [0.15, 0.2) is 72.8 Å². The fourth-order valence-corrected chi connectivity index (χ4v) is 3.64. The summed E-state index contributed by atoms with van der Waals surface area (Å²) in [7, 11) is 0. The van der Waals surface area contributed by atoms with Crippen LogP contribution >= 0.6 is 0 Å². The van der Waals surface area contributed by atoms with Crippen molar-refractivity contribution in [2.45, 2.75) is 26.2 Å². The summed E-state index contributed by atoms with van der Waals surface area (Å²) in [5.41, 5.74) is 3.38. The highest BCUT2D eigenvalue weighted by Crippen LogP contribution is 2.34. The summed E-state index contributed by atoms with van der Waals surface area (Å²) in [6, 6.07) is 16.7. The Kier molecular flexibility index (Phi) is 5.93. The standard InChI is InChI=1S/C26H18F6N2/c1-15-11-19(17-3-7-21(8-4-17)25(27,28)29)13-23(33-15)24-14-20(12-16(2)34-24)18-5-9-22(10-6-18)26(30,31)32/h3-14H,1-2H3. The maximum absolute atomic E-state index is 12.9. The molecule has 34 heavy (non-hydrogen) atoms. The molecule has 2 heterocycles. The lowest BCUT2D eigenvalue weighted by Gasteiger charge is -2.12. The van der Waals surface area contributed by atoms with E-state index in [0.29, 0.717) is 45.0 Å². The van der Waals surface area contributed by atoms with Crippen LogP contribution in [-0.2, 0) is 12.4 Å². The van der Waals surface area contributed by atoms with Crippen LogP contribution < -0.4 is 0 Å². The first-order chi connectivity index (χ1) is 15.9. The van der Waals surface area contributed by atoms with Crippen molar-refractivity contribution in [3.05, 3.63) is 95.3 Å². The minimum atomic E-state index is -4.42. The van der Waals surface area contributed by atoms with Gasteiger partial charge in [0.25, 0.3) is 0 Å². The van der Waals surface area contributed by atoms with E-state index in [2.05, 4.69) is 9.97 Å². The summed E-state index contributed by atoms with van der Waals surface area (Å²) in [5.74, 6) is 0. The quantitative estimate of drug-likeness (QED) is 0.281. The van der Waals surface area contributed by atoms with E-state index in [4.69, 9.17) is 0 Å². The van der Waals surface area contributed by atoms with Gasteiger partial charge in [-0.25, -0.2) is 0 Å². The molecule has 0 atom stereocenters. The molecule has 0 aliphatic heterocycles. The summed E-state index contributed by atoms with van der Waals surface area (Å²) >= 11 is 0. The molecule has 2 aromatic carbocycles. The van der Waals surface area contributed by atoms with Crippen molar-refractivity contribution >= 4 is 0 Å². The number of pyridine rings is 2. The van der Waals surface area contributed by atoms with Gasteiger partial charge in [0, 0.05) is 11.4 Å². The predicted octanol–water partition coefficient (Wildman–Crippen LogP) is 8.13. The van der Waals surface area contributed by atoms with Crippen LogP contribution in [0.2, 0.25) is 0 Å². The molecule has 0 bridgehead atoms. The lowest BCUT2D eigenvalue weighted by atomic mass is 10.00. The Labute approximate surface area is 191 Å². The average molecular weight is 472 g/mol. The van der Waals surface area contributed by atoms with Gasteiger partial charge in [-0.05, 0) is 84.6 Å². The molecule has 2 aromatic heterocycles. The van der Waals surface area contributed by atoms with Crippen molar-refractivity contribution in [3.63, 3.8) is 0 Å². The SMILES string of the molecule is Cc1cc(-c2ccc(C(F)(F)F)cc2)cc(-c2cc(-c3ccc(C(F)(F)F)cc3)cc(C)n2)n1. The van der Waals surface area contributed by atoms with Gasteiger partial charge in [0.1, 0.15) is 0 Å². The molecule has 0 unspecified atom stereocenters. The lowest BCUT2D eigenvalue weighted by Crippen LogP contribution is -2.04. The molecule has 0 amide bonds. The Morgan fingerprint density at radius 2 is 0.794 bits per heavy atom. The van der Waals surface area contributed by atoms with E-state index < -0.39 is 23.5 Å². The third kappa shape index (κ3) is 5.11. The molecule has 0 fully saturated rings. The van der Waals surface area contributed by atoms with Crippen LogP contribution in [0.1, 0.15) is 22.5 Å². The van der Waals surface area contributed by atoms with Gasteiger partial charge in [-0.1, -0.05) is 24.3 Å². The molecule has 4 rings (SSSR count). The second-order valence-electron chi connectivity index (χ2n) is 7.92. The van der Waals surface area contributed by atoms with Crippen molar-refractivity contribution in [3.8, 4) is 33.6 Å². The number of alkyl halides is 6. The number of benzene rings is 2. The zero-order valence-electron chi connectivity index (χ0n) is 18.1. The van der Waals surface area contributed by atoms with Gasteiger partial charge in [-0.3, -0.25) is 9.97 Å². The first kappa shape index (κ1) is 23.5. The number of hydrogen-bond acceptors (Lipinski definition) is 2. The van der Waals surface area contributed by atoms with Gasteiger partial charge in [-0.2, -0.15) is 26.3 Å². The fourth-order valence-electron chi connectivity index (χ4n) is 3.64. The molecule has 0 spiro atoms. The summed E-state index contributed by atoms with van der Waals surface area (Å²) in [6.45, 7) is 3.54. The third-order valence-electron chi connectivity index (χ3n) is 5.26. The topological polar surface area (TPSA) is 25.8 Å². The molecule has 8 heteroatoms. The van der Waals surface area contributed by atoms with Crippen molar-refractivity contribution in [2.24, 2.45) is 0 Å². The highest BCUT2D eigenvalue weighted by molar-refractivity contribution is 5.74. The Balaban J connectivity index is 1.73. The zero-order valence-corrected chi connectivity index (χ0v) is 18.1. The number of halogens is 6. The smallest absolute Gasteiger partial charge is 0.251 e. The van der Waals surface area contributed by atoms with Gasteiger partial charge in [-0.15, -0.1) is 0 Å². The Morgan fingerprint density at radius 3 is 1.09 bits per heavy atom. The summed E-state index contributed by atoms with van der Waals surface area (Å²) < 4.78 is 77.4. The third-order valence-corrected chi connectivity index (χ3v) is 5.26. The number of aromatic nitrogens is 2. The Hall–Kier alpha value is -3.68. The van der Waals surface area contributed by atoms with E-state index >= 15 is 0 Å². The van der Waals surface area contributed by atoms with Gasteiger partial charge in [0.2, 0.25) is 0 Å². The number of aryl methyl sites for hydroxylation is 2. The van der Waals surface area contributed by atoms with Gasteiger partial charge >= 0.3 is 12.4 Å². The molecule has 0 aliphatic carbocycles. The predicted molar refractivity (Wildman–Crippen MR) is 118 cm³/mol. The molecule has 0 aliphatic rings. The molecule has 174 valence electrons. The van der Waals surface area contributed by atoms with Crippen LogP contribution in [0.25, 0.3) is 33.6 Å². The van der Waals surface area contributed by atoms with Crippen molar-refractivity contribution in [1.29, 1.82) is 0 Å². The van der Waals surface area contributed by atoms with Crippen molar-refractivity contribution in [1.82, 2.24) is 9.97 Å². The minimum Gasteiger partial charge on any atom is -0.251 e. The first-order valence-corrected chi connectivity index (χ1v) is 10.2. The zero-order chi connectivity index (χ0) is 24.7. The Morgan fingerprint density at radius 1 is 0.471 bits per heavy atom. The van der Waals surface area contributed by atoms with E-state index in [1.165, 1.54) is 24.3 Å². The van der Waals surface area contributed by atoms with Crippen LogP contribution in [0.5, 0.6) is 0 Å². The second-order valence-corrected chi connectivity index (χ2v) is 7.92. The van der Waals surface area contributed by atoms with E-state index in [0.717, 1.165) is 24.3 Å². The van der Waals surface area contributed by atoms with Crippen molar-refractivity contribution < 1.29 is 26.3 Å². The lowest BCUT2D eigenvalue weighted by molar-refractivity contribution is -0.138. The maximum atomic E-state index is 12.9. The molecule has 0 radical (unpaired) electrons. The number of hydrogen-bond donors (Lipinski definition) is 0. The van der Waals surface area contributed by atoms with Crippen LogP contribution in [0, 0.1) is 13.8 Å². The number of rotatable bonds is 3. The highest BCUT2D eigenvalue weighted by Gasteiger charge is 2.30. The van der Waals surface area contributed by atoms with Crippen LogP contribution in [0.4, 0.5) is 26.3 Å². The molecule has 2 nitrogen and oxygen atoms in total. The minimum absolute atomic E-state index is 0.506. The average Bonchev–Trinajstić information content (AvgIpc) is 2.77.